The topological polar surface area (TPSA) is 72.6 Å². The molecule has 1 aromatic carbocycles. The molecule has 0 atom stereocenters. The molecule has 0 spiro atoms. The van der Waals surface area contributed by atoms with E-state index in [1.165, 1.54) is 19.9 Å². The summed E-state index contributed by atoms with van der Waals surface area (Å²) in [5.74, 6) is -0.953. The van der Waals surface area contributed by atoms with Crippen LogP contribution in [-0.4, -0.2) is 21.8 Å². The van der Waals surface area contributed by atoms with Gasteiger partial charge in [-0.25, -0.2) is 4.79 Å². The molecule has 144 valence electrons. The molecule has 26 heavy (non-hydrogen) atoms. The molecule has 0 radical (unpaired) electrons. The van der Waals surface area contributed by atoms with E-state index in [0.29, 0.717) is 36.8 Å². The average Bonchev–Trinajstić information content (AvgIpc) is 2.93. The first-order chi connectivity index (χ1) is 12.0. The highest BCUT2D eigenvalue weighted by molar-refractivity contribution is 5.87. The van der Waals surface area contributed by atoms with Crippen molar-refractivity contribution in [1.29, 1.82) is 0 Å². The normalized spacial score (nSPS) is 12.6. The van der Waals surface area contributed by atoms with Gasteiger partial charge in [-0.2, -0.15) is 13.2 Å². The lowest BCUT2D eigenvalue weighted by Crippen LogP contribution is -2.38. The van der Waals surface area contributed by atoms with Crippen LogP contribution in [0.4, 0.5) is 13.2 Å². The third kappa shape index (κ3) is 3.78. The van der Waals surface area contributed by atoms with Crippen molar-refractivity contribution in [2.45, 2.75) is 65.2 Å². The molecule has 0 saturated carbocycles. The largest absolute Gasteiger partial charge is 0.478 e. The molecule has 0 amide bonds. The van der Waals surface area contributed by atoms with Crippen LogP contribution in [0.5, 0.6) is 5.75 Å². The Balaban J connectivity index is 2.78. The summed E-state index contributed by atoms with van der Waals surface area (Å²) in [6.07, 6.45) is -2.53. The Hall–Kier alpha value is -2.25. The fourth-order valence-electron chi connectivity index (χ4n) is 2.85. The van der Waals surface area contributed by atoms with Gasteiger partial charge >= 0.3 is 12.1 Å². The van der Waals surface area contributed by atoms with E-state index in [9.17, 15) is 23.1 Å². The van der Waals surface area contributed by atoms with Gasteiger partial charge in [-0.05, 0) is 37.8 Å². The molecular formula is C18H22F3NO4. The predicted molar refractivity (Wildman–Crippen MR) is 89.3 cm³/mol. The first-order valence-electron chi connectivity index (χ1n) is 8.46. The molecule has 0 saturated heterocycles. The third-order valence-electron chi connectivity index (χ3n) is 4.09. The molecule has 0 fully saturated rings. The van der Waals surface area contributed by atoms with Gasteiger partial charge in [0.2, 0.25) is 0 Å². The summed E-state index contributed by atoms with van der Waals surface area (Å²) in [6.45, 7) is 6.52. The van der Waals surface area contributed by atoms with Crippen molar-refractivity contribution in [1.82, 2.24) is 5.16 Å². The number of benzene rings is 1. The molecule has 5 nitrogen and oxygen atoms in total. The molecule has 0 aliphatic heterocycles. The molecule has 0 bridgehead atoms. The Morgan fingerprint density at radius 1 is 1.19 bits per heavy atom. The lowest BCUT2D eigenvalue weighted by atomic mass is 9.93. The Morgan fingerprint density at radius 2 is 1.77 bits per heavy atom. The number of carboxylic acids is 1. The van der Waals surface area contributed by atoms with Gasteiger partial charge in [0.25, 0.3) is 0 Å². The number of aliphatic carboxylic acids is 1. The zero-order valence-corrected chi connectivity index (χ0v) is 15.2. The number of aromatic nitrogens is 1. The lowest BCUT2D eigenvalue weighted by molar-refractivity contribution is -0.152. The van der Waals surface area contributed by atoms with Crippen LogP contribution >= 0.6 is 0 Å². The second kappa shape index (κ2) is 7.17. The van der Waals surface area contributed by atoms with Gasteiger partial charge in [-0.15, -0.1) is 0 Å². The maximum atomic E-state index is 13.3. The summed E-state index contributed by atoms with van der Waals surface area (Å²) in [7, 11) is 0. The maximum absolute atomic E-state index is 13.3. The monoisotopic (exact) mass is 373 g/mol. The lowest BCUT2D eigenvalue weighted by Gasteiger charge is -2.25. The van der Waals surface area contributed by atoms with E-state index in [1.807, 2.05) is 13.8 Å². The summed E-state index contributed by atoms with van der Waals surface area (Å²) in [4.78, 5) is 11.4. The molecule has 0 unspecified atom stereocenters. The quantitative estimate of drug-likeness (QED) is 0.740. The molecule has 1 heterocycles. The van der Waals surface area contributed by atoms with E-state index in [2.05, 4.69) is 5.16 Å². The van der Waals surface area contributed by atoms with Crippen LogP contribution in [0.1, 0.15) is 57.4 Å². The van der Waals surface area contributed by atoms with Gasteiger partial charge in [0, 0.05) is 6.07 Å². The fraction of sp³-hybridized carbons (Fsp3) is 0.556. The zero-order valence-electron chi connectivity index (χ0n) is 15.2. The van der Waals surface area contributed by atoms with Crippen LogP contribution in [0.3, 0.4) is 0 Å². The van der Waals surface area contributed by atoms with Crippen molar-refractivity contribution in [2.24, 2.45) is 0 Å². The van der Waals surface area contributed by atoms with Gasteiger partial charge in [0.05, 0.1) is 5.39 Å². The Kier molecular flexibility index (Phi) is 5.53. The van der Waals surface area contributed by atoms with Crippen molar-refractivity contribution in [2.75, 3.05) is 0 Å². The minimum absolute atomic E-state index is 0.0585. The highest BCUT2D eigenvalue weighted by Gasteiger charge is 2.39. The van der Waals surface area contributed by atoms with Crippen LogP contribution in [0, 0.1) is 0 Å². The van der Waals surface area contributed by atoms with E-state index < -0.39 is 23.4 Å². The SMILES string of the molecule is CCCc1c(OC(C)(C)C(=O)O)cc2onc(C(F)(F)F)c2c1CCC. The second-order valence-electron chi connectivity index (χ2n) is 6.65. The van der Waals surface area contributed by atoms with Crippen LogP contribution in [0.25, 0.3) is 11.0 Å². The van der Waals surface area contributed by atoms with Gasteiger partial charge in [-0.3, -0.25) is 0 Å². The minimum atomic E-state index is -4.64. The predicted octanol–water partition coefficient (Wildman–Crippen LogP) is 4.99. The van der Waals surface area contributed by atoms with Crippen LogP contribution in [0.2, 0.25) is 0 Å². The number of aryl methyl sites for hydroxylation is 1. The average molecular weight is 373 g/mol. The number of alkyl halides is 3. The summed E-state index contributed by atoms with van der Waals surface area (Å²) in [6, 6.07) is 1.31. The summed E-state index contributed by atoms with van der Waals surface area (Å²) in [5.41, 5.74) is -1.62. The molecule has 2 rings (SSSR count). The fourth-order valence-corrected chi connectivity index (χ4v) is 2.85. The number of ether oxygens (including phenoxy) is 1. The number of hydrogen-bond acceptors (Lipinski definition) is 4. The highest BCUT2D eigenvalue weighted by atomic mass is 19.4. The molecule has 0 aliphatic carbocycles. The van der Waals surface area contributed by atoms with E-state index in [1.54, 1.807) is 0 Å². The van der Waals surface area contributed by atoms with Crippen molar-refractivity contribution in [3.8, 4) is 5.75 Å². The van der Waals surface area contributed by atoms with E-state index >= 15 is 0 Å². The number of nitrogens with zero attached hydrogens (tertiary/aromatic N) is 1. The molecule has 0 aliphatic rings. The van der Waals surface area contributed by atoms with Crippen LogP contribution < -0.4 is 4.74 Å². The maximum Gasteiger partial charge on any atom is 0.437 e. The molecule has 1 N–H and O–H groups in total. The van der Waals surface area contributed by atoms with Gasteiger partial charge < -0.3 is 14.4 Å². The highest BCUT2D eigenvalue weighted by Crippen LogP contribution is 2.41. The molecule has 1 aromatic heterocycles. The number of carboxylic acid groups (broad SMARTS) is 1. The number of carbonyl (C=O) groups is 1. The number of halogens is 3. The first kappa shape index (κ1) is 20.1. The van der Waals surface area contributed by atoms with E-state index in [-0.39, 0.29) is 16.7 Å². The molecular weight excluding hydrogens is 351 g/mol. The summed E-state index contributed by atoms with van der Waals surface area (Å²) >= 11 is 0. The number of hydrogen-bond donors (Lipinski definition) is 1. The number of fused-ring (bicyclic) bond motifs is 1. The van der Waals surface area contributed by atoms with Gasteiger partial charge in [0.1, 0.15) is 5.75 Å². The Bertz CT molecular complexity index is 809. The zero-order chi connectivity index (χ0) is 19.7. The third-order valence-corrected chi connectivity index (χ3v) is 4.09. The van der Waals surface area contributed by atoms with E-state index in [0.717, 1.165) is 0 Å². The van der Waals surface area contributed by atoms with Gasteiger partial charge in [-0.1, -0.05) is 31.8 Å². The minimum Gasteiger partial charge on any atom is -0.478 e. The molecule has 2 aromatic rings. The van der Waals surface area contributed by atoms with Gasteiger partial charge in [0.15, 0.2) is 16.9 Å². The standard InChI is InChI=1S/C18H22F3NO4/c1-5-7-10-11(8-6-2)14-13(26-22-15(14)18(19,20)21)9-12(10)25-17(3,4)16(23)24/h9H,5-8H2,1-4H3,(H,23,24). The summed E-state index contributed by atoms with van der Waals surface area (Å²) < 4.78 is 50.6. The van der Waals surface area contributed by atoms with E-state index in [4.69, 9.17) is 9.26 Å². The van der Waals surface area contributed by atoms with Crippen molar-refractivity contribution in [3.63, 3.8) is 0 Å². The van der Waals surface area contributed by atoms with Crippen LogP contribution in [0.15, 0.2) is 10.6 Å². The smallest absolute Gasteiger partial charge is 0.437 e. The Morgan fingerprint density at radius 3 is 2.27 bits per heavy atom. The number of rotatable bonds is 7. The summed E-state index contributed by atoms with van der Waals surface area (Å²) in [5, 5.41) is 12.5. The van der Waals surface area contributed by atoms with Crippen molar-refractivity contribution >= 4 is 16.9 Å². The Labute approximate surface area is 149 Å². The van der Waals surface area contributed by atoms with Crippen molar-refractivity contribution in [3.05, 3.63) is 22.9 Å². The first-order valence-corrected chi connectivity index (χ1v) is 8.46. The second-order valence-corrected chi connectivity index (χ2v) is 6.65. The van der Waals surface area contributed by atoms with Crippen molar-refractivity contribution < 1.29 is 32.3 Å². The molecule has 8 heteroatoms. The van der Waals surface area contributed by atoms with Crippen LogP contribution in [-0.2, 0) is 23.8 Å².